The number of nitrogens with one attached hydrogen (secondary N) is 1. The molecule has 0 radical (unpaired) electrons. The van der Waals surface area contributed by atoms with Crippen LogP contribution in [0.1, 0.15) is 54.8 Å². The van der Waals surface area contributed by atoms with E-state index in [2.05, 4.69) is 20.6 Å². The Bertz CT molecular complexity index is 805. The predicted molar refractivity (Wildman–Crippen MR) is 110 cm³/mol. The van der Waals surface area contributed by atoms with Gasteiger partial charge in [0.05, 0.1) is 16.2 Å². The van der Waals surface area contributed by atoms with Gasteiger partial charge >= 0.3 is 0 Å². The van der Waals surface area contributed by atoms with Gasteiger partial charge in [0.1, 0.15) is 5.82 Å². The first-order valence-electron chi connectivity index (χ1n) is 10.3. The largest absolute Gasteiger partial charge is 0.346 e. The highest BCUT2D eigenvalue weighted by Crippen LogP contribution is 2.39. The minimum absolute atomic E-state index is 0.0614. The number of halogens is 1. The average molecular weight is 402 g/mol. The number of benzene rings is 1. The van der Waals surface area contributed by atoms with Gasteiger partial charge < -0.3 is 5.32 Å². The number of carbonyl (C=O) groups excluding carboxylic acids is 1. The maximum absolute atomic E-state index is 13.4. The summed E-state index contributed by atoms with van der Waals surface area (Å²) in [7, 11) is 0. The molecular formula is C22H28FN3OS. The lowest BCUT2D eigenvalue weighted by atomic mass is 9.86. The van der Waals surface area contributed by atoms with Crippen LogP contribution < -0.4 is 5.32 Å². The third kappa shape index (κ3) is 4.28. The van der Waals surface area contributed by atoms with Gasteiger partial charge in [0.25, 0.3) is 0 Å². The molecule has 150 valence electrons. The van der Waals surface area contributed by atoms with Gasteiger partial charge in [-0.05, 0) is 63.4 Å². The lowest BCUT2D eigenvalue weighted by molar-refractivity contribution is -0.128. The zero-order chi connectivity index (χ0) is 19.6. The molecule has 1 saturated heterocycles. The van der Waals surface area contributed by atoms with Crippen molar-refractivity contribution in [1.82, 2.24) is 15.2 Å². The first-order chi connectivity index (χ1) is 13.5. The summed E-state index contributed by atoms with van der Waals surface area (Å²) in [6.45, 7) is 4.76. The molecule has 0 spiro atoms. The topological polar surface area (TPSA) is 45.2 Å². The predicted octanol–water partition coefficient (Wildman–Crippen LogP) is 4.39. The standard InChI is InChI=1S/C22H28FN3OS/c1-16-24-20(15-28-16)14-26-12-8-17(9-13-26)21(27)25-22(10-2-3-11-22)18-4-6-19(23)7-5-18/h4-7,15,17H,2-3,8-14H2,1H3,(H,25,27). The van der Waals surface area contributed by atoms with E-state index in [1.165, 1.54) is 12.1 Å². The first-order valence-corrected chi connectivity index (χ1v) is 11.1. The molecule has 0 atom stereocenters. The number of hydrogen-bond acceptors (Lipinski definition) is 4. The normalized spacial score (nSPS) is 20.4. The van der Waals surface area contributed by atoms with Crippen molar-refractivity contribution in [3.8, 4) is 0 Å². The molecule has 0 bridgehead atoms. The van der Waals surface area contributed by atoms with Gasteiger partial charge in [-0.3, -0.25) is 9.69 Å². The first kappa shape index (κ1) is 19.5. The Morgan fingerprint density at radius 2 is 1.93 bits per heavy atom. The molecule has 1 aromatic heterocycles. The second kappa shape index (κ2) is 8.29. The number of carbonyl (C=O) groups is 1. The summed E-state index contributed by atoms with van der Waals surface area (Å²) in [6, 6.07) is 6.67. The molecule has 1 N–H and O–H groups in total. The van der Waals surface area contributed by atoms with Gasteiger partial charge in [-0.25, -0.2) is 9.37 Å². The van der Waals surface area contributed by atoms with E-state index >= 15 is 0 Å². The van der Waals surface area contributed by atoms with Crippen molar-refractivity contribution in [2.24, 2.45) is 5.92 Å². The highest BCUT2D eigenvalue weighted by Gasteiger charge is 2.39. The number of aromatic nitrogens is 1. The molecule has 4 nitrogen and oxygen atoms in total. The molecule has 2 aromatic rings. The number of amides is 1. The third-order valence-corrected chi connectivity index (χ3v) is 7.05. The molecule has 2 fully saturated rings. The Balaban J connectivity index is 1.36. The lowest BCUT2D eigenvalue weighted by Crippen LogP contribution is -2.48. The molecule has 6 heteroatoms. The van der Waals surface area contributed by atoms with E-state index < -0.39 is 0 Å². The van der Waals surface area contributed by atoms with Crippen LogP contribution in [0.3, 0.4) is 0 Å². The van der Waals surface area contributed by atoms with Gasteiger partial charge in [-0.2, -0.15) is 0 Å². The maximum Gasteiger partial charge on any atom is 0.223 e. The van der Waals surface area contributed by atoms with Crippen LogP contribution in [-0.2, 0) is 16.9 Å². The minimum atomic E-state index is -0.319. The van der Waals surface area contributed by atoms with E-state index in [-0.39, 0.29) is 23.2 Å². The number of hydrogen-bond donors (Lipinski definition) is 1. The Morgan fingerprint density at radius 3 is 2.54 bits per heavy atom. The Labute approximate surface area is 170 Å². The summed E-state index contributed by atoms with van der Waals surface area (Å²) in [5.74, 6) is -0.00683. The lowest BCUT2D eigenvalue weighted by Gasteiger charge is -2.35. The van der Waals surface area contributed by atoms with E-state index in [0.29, 0.717) is 0 Å². The Hall–Kier alpha value is -1.79. The zero-order valence-corrected chi connectivity index (χ0v) is 17.2. The Morgan fingerprint density at radius 1 is 1.25 bits per heavy atom. The number of nitrogens with zero attached hydrogens (tertiary/aromatic N) is 2. The van der Waals surface area contributed by atoms with Gasteiger partial charge in [-0.15, -0.1) is 11.3 Å². The number of rotatable bonds is 5. The highest BCUT2D eigenvalue weighted by atomic mass is 32.1. The summed E-state index contributed by atoms with van der Waals surface area (Å²) in [5, 5.41) is 6.60. The summed E-state index contributed by atoms with van der Waals surface area (Å²) in [6.07, 6.45) is 5.84. The van der Waals surface area contributed by atoms with E-state index in [1.807, 2.05) is 19.1 Å². The molecule has 0 unspecified atom stereocenters. The van der Waals surface area contributed by atoms with Crippen LogP contribution in [0, 0.1) is 18.7 Å². The van der Waals surface area contributed by atoms with E-state index in [9.17, 15) is 9.18 Å². The number of piperidine rings is 1. The van der Waals surface area contributed by atoms with Crippen molar-refractivity contribution in [2.75, 3.05) is 13.1 Å². The molecule has 1 aliphatic carbocycles. The monoisotopic (exact) mass is 401 g/mol. The smallest absolute Gasteiger partial charge is 0.223 e. The van der Waals surface area contributed by atoms with Crippen LogP contribution >= 0.6 is 11.3 Å². The fraction of sp³-hybridized carbons (Fsp3) is 0.545. The summed E-state index contributed by atoms with van der Waals surface area (Å²) in [4.78, 5) is 20.0. The number of likely N-dealkylation sites (tertiary alicyclic amines) is 1. The molecule has 2 heterocycles. The van der Waals surface area contributed by atoms with Crippen molar-refractivity contribution in [2.45, 2.75) is 57.5 Å². The SMILES string of the molecule is Cc1nc(CN2CCC(C(=O)NC3(c4ccc(F)cc4)CCCC3)CC2)cs1. The van der Waals surface area contributed by atoms with Crippen molar-refractivity contribution in [3.63, 3.8) is 0 Å². The van der Waals surface area contributed by atoms with Crippen LogP contribution in [0.15, 0.2) is 29.6 Å². The van der Waals surface area contributed by atoms with E-state index in [1.54, 1.807) is 11.3 Å². The van der Waals surface area contributed by atoms with Crippen molar-refractivity contribution in [1.29, 1.82) is 0 Å². The van der Waals surface area contributed by atoms with Crippen LogP contribution in [-0.4, -0.2) is 28.9 Å². The number of aryl methyl sites for hydroxylation is 1. The average Bonchev–Trinajstić information content (AvgIpc) is 3.32. The molecule has 1 aromatic carbocycles. The molecule has 1 saturated carbocycles. The highest BCUT2D eigenvalue weighted by molar-refractivity contribution is 7.09. The fourth-order valence-corrected chi connectivity index (χ4v) is 5.24. The molecule has 1 aliphatic heterocycles. The number of thiazole rings is 1. The van der Waals surface area contributed by atoms with Crippen LogP contribution in [0.5, 0.6) is 0 Å². The quantitative estimate of drug-likeness (QED) is 0.808. The van der Waals surface area contributed by atoms with E-state index in [4.69, 9.17) is 0 Å². The van der Waals surface area contributed by atoms with Crippen molar-refractivity contribution in [3.05, 3.63) is 51.7 Å². The zero-order valence-electron chi connectivity index (χ0n) is 16.4. The molecule has 4 rings (SSSR count). The van der Waals surface area contributed by atoms with Crippen molar-refractivity contribution < 1.29 is 9.18 Å². The second-order valence-corrected chi connectivity index (χ2v) is 9.26. The second-order valence-electron chi connectivity index (χ2n) is 8.19. The van der Waals surface area contributed by atoms with Crippen molar-refractivity contribution >= 4 is 17.2 Å². The summed E-state index contributed by atoms with van der Waals surface area (Å²) in [5.41, 5.74) is 1.85. The summed E-state index contributed by atoms with van der Waals surface area (Å²) >= 11 is 1.69. The van der Waals surface area contributed by atoms with E-state index in [0.717, 1.165) is 74.4 Å². The third-order valence-electron chi connectivity index (χ3n) is 6.23. The van der Waals surface area contributed by atoms with Gasteiger partial charge in [0, 0.05) is 17.8 Å². The molecule has 2 aliphatic rings. The fourth-order valence-electron chi connectivity index (χ4n) is 4.63. The molecule has 1 amide bonds. The van der Waals surface area contributed by atoms with Crippen LogP contribution in [0.4, 0.5) is 4.39 Å². The summed E-state index contributed by atoms with van der Waals surface area (Å²) < 4.78 is 13.4. The molecule has 28 heavy (non-hydrogen) atoms. The van der Waals surface area contributed by atoms with Gasteiger partial charge in [0.15, 0.2) is 0 Å². The van der Waals surface area contributed by atoms with Gasteiger partial charge in [-0.1, -0.05) is 25.0 Å². The minimum Gasteiger partial charge on any atom is -0.346 e. The molecular weight excluding hydrogens is 373 g/mol. The van der Waals surface area contributed by atoms with Crippen LogP contribution in [0.2, 0.25) is 0 Å². The Kier molecular flexibility index (Phi) is 5.78. The van der Waals surface area contributed by atoms with Gasteiger partial charge in [0.2, 0.25) is 5.91 Å². The van der Waals surface area contributed by atoms with Crippen LogP contribution in [0.25, 0.3) is 0 Å². The maximum atomic E-state index is 13.4.